The van der Waals surface area contributed by atoms with E-state index < -0.39 is 0 Å². The van der Waals surface area contributed by atoms with Gasteiger partial charge in [0, 0.05) is 48.3 Å². The summed E-state index contributed by atoms with van der Waals surface area (Å²) in [5.74, 6) is 1.96. The van der Waals surface area contributed by atoms with E-state index in [1.807, 2.05) is 42.1 Å². The zero-order valence-corrected chi connectivity index (χ0v) is 16.1. The minimum atomic E-state index is -0.104. The molecule has 1 aliphatic rings. The molecular formula is C21H25N3O2S. The van der Waals surface area contributed by atoms with Gasteiger partial charge in [-0.25, -0.2) is 0 Å². The Morgan fingerprint density at radius 2 is 1.85 bits per heavy atom. The van der Waals surface area contributed by atoms with E-state index in [-0.39, 0.29) is 17.9 Å². The maximum Gasteiger partial charge on any atom is 0.251 e. The van der Waals surface area contributed by atoms with E-state index in [4.69, 9.17) is 0 Å². The van der Waals surface area contributed by atoms with Crippen LogP contribution in [0.1, 0.15) is 22.3 Å². The fourth-order valence-electron chi connectivity index (χ4n) is 2.96. The Morgan fingerprint density at radius 1 is 1.07 bits per heavy atom. The third-order valence-corrected chi connectivity index (χ3v) is 5.53. The molecule has 2 aromatic rings. The van der Waals surface area contributed by atoms with Crippen LogP contribution in [-0.2, 0) is 11.2 Å². The molecule has 0 radical (unpaired) electrons. The van der Waals surface area contributed by atoms with Crippen LogP contribution in [0.25, 0.3) is 0 Å². The maximum absolute atomic E-state index is 12.2. The lowest BCUT2D eigenvalue weighted by Gasteiger charge is -2.22. The molecule has 3 N–H and O–H groups in total. The van der Waals surface area contributed by atoms with Gasteiger partial charge in [0.2, 0.25) is 5.91 Å². The van der Waals surface area contributed by atoms with Gasteiger partial charge in [0.15, 0.2) is 0 Å². The molecule has 0 bridgehead atoms. The van der Waals surface area contributed by atoms with Crippen LogP contribution in [-0.4, -0.2) is 42.5 Å². The second-order valence-electron chi connectivity index (χ2n) is 6.55. The molecule has 1 saturated heterocycles. The van der Waals surface area contributed by atoms with Gasteiger partial charge >= 0.3 is 0 Å². The molecule has 0 saturated carbocycles. The number of hydrogen-bond acceptors (Lipinski definition) is 4. The topological polar surface area (TPSA) is 70.2 Å². The molecule has 3 rings (SSSR count). The van der Waals surface area contributed by atoms with E-state index >= 15 is 0 Å². The van der Waals surface area contributed by atoms with Gasteiger partial charge in [0.1, 0.15) is 0 Å². The Labute approximate surface area is 164 Å². The monoisotopic (exact) mass is 383 g/mol. The van der Waals surface area contributed by atoms with Crippen molar-refractivity contribution < 1.29 is 9.59 Å². The minimum Gasteiger partial charge on any atom is -0.352 e. The summed E-state index contributed by atoms with van der Waals surface area (Å²) in [5.41, 5.74) is 2.50. The average molecular weight is 384 g/mol. The first-order chi connectivity index (χ1) is 13.2. The molecule has 142 valence electrons. The summed E-state index contributed by atoms with van der Waals surface area (Å²) >= 11 is 1.87. The van der Waals surface area contributed by atoms with Gasteiger partial charge in [0.05, 0.1) is 0 Å². The molecule has 1 heterocycles. The van der Waals surface area contributed by atoms with Crippen LogP contribution in [0.3, 0.4) is 0 Å². The lowest BCUT2D eigenvalue weighted by Crippen LogP contribution is -2.39. The predicted molar refractivity (Wildman–Crippen MR) is 111 cm³/mol. The van der Waals surface area contributed by atoms with Crippen LogP contribution in [0.15, 0.2) is 54.6 Å². The maximum atomic E-state index is 12.2. The summed E-state index contributed by atoms with van der Waals surface area (Å²) in [6.45, 7) is 1.55. The van der Waals surface area contributed by atoms with Gasteiger partial charge in [-0.05, 0) is 36.2 Å². The van der Waals surface area contributed by atoms with Crippen molar-refractivity contribution in [3.05, 3.63) is 65.7 Å². The normalized spacial score (nSPS) is 16.5. The highest BCUT2D eigenvalue weighted by Crippen LogP contribution is 2.13. The molecule has 0 aliphatic carbocycles. The van der Waals surface area contributed by atoms with Gasteiger partial charge in [-0.3, -0.25) is 9.59 Å². The number of anilines is 1. The van der Waals surface area contributed by atoms with Crippen LogP contribution in [0.4, 0.5) is 5.69 Å². The van der Waals surface area contributed by atoms with Crippen molar-refractivity contribution >= 4 is 29.3 Å². The quantitative estimate of drug-likeness (QED) is 0.688. The van der Waals surface area contributed by atoms with E-state index in [9.17, 15) is 9.59 Å². The first-order valence-electron chi connectivity index (χ1n) is 9.24. The average Bonchev–Trinajstić information content (AvgIpc) is 2.70. The van der Waals surface area contributed by atoms with Crippen LogP contribution >= 0.6 is 11.8 Å². The summed E-state index contributed by atoms with van der Waals surface area (Å²) in [5, 5.41) is 9.18. The Morgan fingerprint density at radius 3 is 2.56 bits per heavy atom. The highest BCUT2D eigenvalue weighted by atomic mass is 32.2. The summed E-state index contributed by atoms with van der Waals surface area (Å²) in [6.07, 6.45) is 1.27. The first kappa shape index (κ1) is 19.5. The van der Waals surface area contributed by atoms with Gasteiger partial charge in [-0.15, -0.1) is 0 Å². The molecule has 27 heavy (non-hydrogen) atoms. The van der Waals surface area contributed by atoms with Gasteiger partial charge in [-0.2, -0.15) is 11.8 Å². The summed E-state index contributed by atoms with van der Waals surface area (Å²) < 4.78 is 0. The molecule has 0 aromatic heterocycles. The van der Waals surface area contributed by atoms with E-state index in [0.717, 1.165) is 24.5 Å². The van der Waals surface area contributed by atoms with E-state index in [2.05, 4.69) is 16.0 Å². The third kappa shape index (κ3) is 6.41. The smallest absolute Gasteiger partial charge is 0.251 e. The van der Waals surface area contributed by atoms with Crippen molar-refractivity contribution in [1.82, 2.24) is 10.6 Å². The Hall–Kier alpha value is -2.31. The molecule has 2 aromatic carbocycles. The van der Waals surface area contributed by atoms with Gasteiger partial charge in [0.25, 0.3) is 5.91 Å². The van der Waals surface area contributed by atoms with Crippen molar-refractivity contribution in [3.8, 4) is 0 Å². The second-order valence-corrected chi connectivity index (χ2v) is 7.70. The second kappa shape index (κ2) is 10.1. The highest BCUT2D eigenvalue weighted by Gasteiger charge is 2.16. The van der Waals surface area contributed by atoms with Crippen molar-refractivity contribution in [1.29, 1.82) is 0 Å². The Bertz CT molecular complexity index is 744. The fourth-order valence-corrected chi connectivity index (χ4v) is 3.91. The molecule has 1 atom stereocenters. The van der Waals surface area contributed by atoms with Crippen LogP contribution in [0.2, 0.25) is 0 Å². The van der Waals surface area contributed by atoms with Crippen molar-refractivity contribution in [2.24, 2.45) is 0 Å². The standard InChI is InChI=1S/C21H25N3O2S/c25-20(14-19-15-27-13-12-22-19)24-18-8-6-17(7-9-18)21(26)23-11-10-16-4-2-1-3-5-16/h1-9,19,22H,10-15H2,(H,23,26)(H,24,25). The van der Waals surface area contributed by atoms with Gasteiger partial charge in [-0.1, -0.05) is 30.3 Å². The molecule has 5 nitrogen and oxygen atoms in total. The molecule has 1 fully saturated rings. The lowest BCUT2D eigenvalue weighted by atomic mass is 10.1. The molecule has 0 spiro atoms. The molecular weight excluding hydrogens is 358 g/mol. The Kier molecular flexibility index (Phi) is 7.30. The van der Waals surface area contributed by atoms with Crippen LogP contribution in [0, 0.1) is 0 Å². The zero-order chi connectivity index (χ0) is 18.9. The predicted octanol–water partition coefficient (Wildman–Crippen LogP) is 2.69. The van der Waals surface area contributed by atoms with Crippen molar-refractivity contribution in [2.75, 3.05) is 29.9 Å². The van der Waals surface area contributed by atoms with Crippen molar-refractivity contribution in [3.63, 3.8) is 0 Å². The molecule has 6 heteroatoms. The molecule has 1 aliphatic heterocycles. The number of rotatable bonds is 7. The van der Waals surface area contributed by atoms with E-state index in [0.29, 0.717) is 24.2 Å². The lowest BCUT2D eigenvalue weighted by molar-refractivity contribution is -0.116. The molecule has 2 amide bonds. The SMILES string of the molecule is O=C(CC1CSCCN1)Nc1ccc(C(=O)NCCc2ccccc2)cc1. The van der Waals surface area contributed by atoms with Crippen LogP contribution in [0.5, 0.6) is 0 Å². The summed E-state index contributed by atoms with van der Waals surface area (Å²) in [7, 11) is 0. The number of thioether (sulfide) groups is 1. The summed E-state index contributed by atoms with van der Waals surface area (Å²) in [4.78, 5) is 24.4. The third-order valence-electron chi connectivity index (χ3n) is 4.40. The van der Waals surface area contributed by atoms with E-state index in [1.165, 1.54) is 5.56 Å². The summed E-state index contributed by atoms with van der Waals surface area (Å²) in [6, 6.07) is 17.3. The highest BCUT2D eigenvalue weighted by molar-refractivity contribution is 7.99. The van der Waals surface area contributed by atoms with Gasteiger partial charge < -0.3 is 16.0 Å². The van der Waals surface area contributed by atoms with E-state index in [1.54, 1.807) is 24.3 Å². The number of nitrogens with one attached hydrogen (secondary N) is 3. The first-order valence-corrected chi connectivity index (χ1v) is 10.4. The largest absolute Gasteiger partial charge is 0.352 e. The number of benzene rings is 2. The number of carbonyl (C=O) groups is 2. The number of amides is 2. The minimum absolute atomic E-state index is 0.00457. The fraction of sp³-hybridized carbons (Fsp3) is 0.333. The number of carbonyl (C=O) groups excluding carboxylic acids is 2. The molecule has 1 unspecified atom stereocenters. The Balaban J connectivity index is 1.43. The number of hydrogen-bond donors (Lipinski definition) is 3. The van der Waals surface area contributed by atoms with Crippen LogP contribution < -0.4 is 16.0 Å². The van der Waals surface area contributed by atoms with Crippen molar-refractivity contribution in [2.45, 2.75) is 18.9 Å². The zero-order valence-electron chi connectivity index (χ0n) is 15.2.